The zero-order valence-corrected chi connectivity index (χ0v) is 8.66. The van der Waals surface area contributed by atoms with Crippen LogP contribution in [-0.4, -0.2) is 41.5 Å². The molecule has 0 amide bonds. The van der Waals surface area contributed by atoms with Crippen LogP contribution < -0.4 is 0 Å². The molecule has 0 aliphatic carbocycles. The maximum Gasteiger partial charge on any atom is 0.291 e. The molecule has 0 aromatic heterocycles. The van der Waals surface area contributed by atoms with Crippen LogP contribution in [0.1, 0.15) is 19.8 Å². The predicted octanol–water partition coefficient (Wildman–Crippen LogP) is 0.420. The van der Waals surface area contributed by atoms with Gasteiger partial charge in [-0.1, -0.05) is 6.92 Å². The minimum atomic E-state index is -1.50. The van der Waals surface area contributed by atoms with Gasteiger partial charge in [-0.3, -0.25) is 0 Å². The second kappa shape index (κ2) is 8.39. The Morgan fingerprint density at radius 2 is 2.27 bits per heavy atom. The summed E-state index contributed by atoms with van der Waals surface area (Å²) in [5, 5.41) is 22.4. The summed E-state index contributed by atoms with van der Waals surface area (Å²) in [6, 6.07) is 0. The molecular weight excluding hydrogens is 206 g/mol. The number of ether oxygens (including phenoxy) is 2. The van der Waals surface area contributed by atoms with E-state index in [0.717, 1.165) is 19.4 Å². The Morgan fingerprint density at radius 1 is 1.67 bits per heavy atom. The Labute approximate surface area is 87.7 Å². The highest BCUT2D eigenvalue weighted by Gasteiger charge is 2.16. The van der Waals surface area contributed by atoms with Crippen LogP contribution in [0.3, 0.4) is 0 Å². The zero-order valence-electron chi connectivity index (χ0n) is 8.66. The van der Waals surface area contributed by atoms with Gasteiger partial charge >= 0.3 is 0 Å². The monoisotopic (exact) mass is 223 g/mol. The van der Waals surface area contributed by atoms with Gasteiger partial charge in [-0.2, -0.15) is 0 Å². The lowest BCUT2D eigenvalue weighted by atomic mass is 10.0. The predicted molar refractivity (Wildman–Crippen MR) is 50.0 cm³/mol. The smallest absolute Gasteiger partial charge is 0.291 e. The molecule has 0 radical (unpaired) electrons. The number of aliphatic hydroxyl groups excluding tert-OH is 1. The van der Waals surface area contributed by atoms with Crippen LogP contribution in [0.2, 0.25) is 0 Å². The van der Waals surface area contributed by atoms with Crippen LogP contribution in [0.15, 0.2) is 0 Å². The summed E-state index contributed by atoms with van der Waals surface area (Å²) in [5.41, 5.74) is 0. The van der Waals surface area contributed by atoms with Crippen LogP contribution >= 0.6 is 0 Å². The highest BCUT2D eigenvalue weighted by atomic mass is 16.9. The topological polar surface area (TPSA) is 102 Å². The second-order valence-corrected chi connectivity index (χ2v) is 3.38. The van der Waals surface area contributed by atoms with E-state index in [0.29, 0.717) is 12.7 Å². The summed E-state index contributed by atoms with van der Waals surface area (Å²) < 4.78 is 10.3. The van der Waals surface area contributed by atoms with Crippen molar-refractivity contribution in [1.82, 2.24) is 0 Å². The van der Waals surface area contributed by atoms with E-state index in [1.165, 1.54) is 0 Å². The third-order valence-electron chi connectivity index (χ3n) is 1.98. The van der Waals surface area contributed by atoms with Crippen molar-refractivity contribution >= 4 is 0 Å². The Bertz CT molecular complexity index is 167. The van der Waals surface area contributed by atoms with Crippen LogP contribution in [0, 0.1) is 16.0 Å². The van der Waals surface area contributed by atoms with Crippen molar-refractivity contribution in [3.63, 3.8) is 0 Å². The average molecular weight is 223 g/mol. The lowest BCUT2D eigenvalue weighted by Gasteiger charge is -2.10. The molecule has 1 rings (SSSR count). The summed E-state index contributed by atoms with van der Waals surface area (Å²) in [7, 11) is 0. The lowest BCUT2D eigenvalue weighted by molar-refractivity contribution is -0.742. The highest BCUT2D eigenvalue weighted by molar-refractivity contribution is 4.62. The van der Waals surface area contributed by atoms with Gasteiger partial charge in [0.05, 0.1) is 12.7 Å². The van der Waals surface area contributed by atoms with Crippen molar-refractivity contribution in [2.45, 2.75) is 25.9 Å². The largest absolute Gasteiger partial charge is 0.396 e. The van der Waals surface area contributed by atoms with Crippen LogP contribution in [0.4, 0.5) is 0 Å². The molecule has 2 unspecified atom stereocenters. The Hall–Kier alpha value is -0.920. The van der Waals surface area contributed by atoms with E-state index in [-0.39, 0.29) is 12.7 Å². The van der Waals surface area contributed by atoms with E-state index >= 15 is 0 Å². The van der Waals surface area contributed by atoms with Gasteiger partial charge in [-0.05, 0) is 18.8 Å². The Balaban J connectivity index is 0.000000423. The van der Waals surface area contributed by atoms with Crippen LogP contribution in [-0.2, 0) is 9.47 Å². The van der Waals surface area contributed by atoms with Gasteiger partial charge < -0.3 is 19.8 Å². The molecule has 2 N–H and O–H groups in total. The number of hydrogen-bond acceptors (Lipinski definition) is 5. The normalized spacial score (nSPS) is 21.6. The standard InChI is InChI=1S/C8H16O3.HNO3/c1-7(4-9)2-3-8-5-10-6-11-8;2-1(3)4/h7-9H,2-6H2,1H3;(H,2,3,4). The molecule has 0 bridgehead atoms. The first-order valence-corrected chi connectivity index (χ1v) is 4.69. The van der Waals surface area contributed by atoms with E-state index in [1.54, 1.807) is 0 Å². The van der Waals surface area contributed by atoms with Gasteiger partial charge in [0, 0.05) is 6.61 Å². The lowest BCUT2D eigenvalue weighted by Crippen LogP contribution is -2.12. The summed E-state index contributed by atoms with van der Waals surface area (Å²) in [6.07, 6.45) is 2.29. The van der Waals surface area contributed by atoms with E-state index < -0.39 is 5.09 Å². The first kappa shape index (κ1) is 14.1. The van der Waals surface area contributed by atoms with Crippen molar-refractivity contribution in [1.29, 1.82) is 0 Å². The van der Waals surface area contributed by atoms with E-state index in [2.05, 4.69) is 0 Å². The highest BCUT2D eigenvalue weighted by Crippen LogP contribution is 2.13. The average Bonchev–Trinajstić information content (AvgIpc) is 2.65. The maximum absolute atomic E-state index is 8.74. The Morgan fingerprint density at radius 3 is 2.67 bits per heavy atom. The van der Waals surface area contributed by atoms with E-state index in [4.69, 9.17) is 29.9 Å². The molecule has 7 heteroatoms. The molecule has 0 saturated carbocycles. The van der Waals surface area contributed by atoms with Gasteiger partial charge in [0.2, 0.25) is 0 Å². The molecule has 1 aliphatic heterocycles. The fourth-order valence-electron chi connectivity index (χ4n) is 1.10. The third kappa shape index (κ3) is 9.39. The zero-order chi connectivity index (χ0) is 11.7. The van der Waals surface area contributed by atoms with E-state index in [1.807, 2.05) is 6.92 Å². The minimum Gasteiger partial charge on any atom is -0.396 e. The third-order valence-corrected chi connectivity index (χ3v) is 1.98. The molecular formula is C8H17NO6. The molecule has 0 aromatic rings. The summed E-state index contributed by atoms with van der Waals surface area (Å²) >= 11 is 0. The first-order valence-electron chi connectivity index (χ1n) is 4.69. The molecule has 1 aliphatic rings. The first-order chi connectivity index (χ1) is 7.06. The van der Waals surface area contributed by atoms with E-state index in [9.17, 15) is 0 Å². The number of aliphatic hydroxyl groups is 1. The molecule has 2 atom stereocenters. The van der Waals surface area contributed by atoms with Crippen molar-refractivity contribution in [2.75, 3.05) is 20.0 Å². The molecule has 7 nitrogen and oxygen atoms in total. The fourth-order valence-corrected chi connectivity index (χ4v) is 1.10. The molecule has 1 heterocycles. The molecule has 0 aromatic carbocycles. The molecule has 1 saturated heterocycles. The number of rotatable bonds is 4. The summed E-state index contributed by atoms with van der Waals surface area (Å²) in [4.78, 5) is 8.36. The molecule has 15 heavy (non-hydrogen) atoms. The van der Waals surface area contributed by atoms with Gasteiger partial charge in [0.25, 0.3) is 5.09 Å². The summed E-state index contributed by atoms with van der Waals surface area (Å²) in [6.45, 7) is 3.47. The van der Waals surface area contributed by atoms with Crippen molar-refractivity contribution in [3.8, 4) is 0 Å². The maximum atomic E-state index is 8.74. The number of hydrogen-bond donors (Lipinski definition) is 2. The second-order valence-electron chi connectivity index (χ2n) is 3.38. The van der Waals surface area contributed by atoms with Crippen LogP contribution in [0.5, 0.6) is 0 Å². The van der Waals surface area contributed by atoms with Gasteiger partial charge in [0.1, 0.15) is 6.79 Å². The summed E-state index contributed by atoms with van der Waals surface area (Å²) in [5.74, 6) is 0.388. The molecule has 0 spiro atoms. The van der Waals surface area contributed by atoms with Gasteiger partial charge in [0.15, 0.2) is 0 Å². The van der Waals surface area contributed by atoms with Crippen molar-refractivity contribution in [2.24, 2.45) is 5.92 Å². The minimum absolute atomic E-state index is 0.268. The van der Waals surface area contributed by atoms with Crippen LogP contribution in [0.25, 0.3) is 0 Å². The number of nitrogens with zero attached hydrogens (tertiary/aromatic N) is 1. The SMILES string of the molecule is CC(CO)CCC1COCO1.O=[N+]([O-])O. The quantitative estimate of drug-likeness (QED) is 0.529. The molecule has 1 fully saturated rings. The van der Waals surface area contributed by atoms with Gasteiger partial charge in [-0.25, -0.2) is 0 Å². The Kier molecular flexibility index (Phi) is 7.88. The van der Waals surface area contributed by atoms with Gasteiger partial charge in [-0.15, -0.1) is 10.1 Å². The molecule has 90 valence electrons. The van der Waals surface area contributed by atoms with Crippen molar-refractivity contribution in [3.05, 3.63) is 10.1 Å². The van der Waals surface area contributed by atoms with Crippen molar-refractivity contribution < 1.29 is 24.9 Å². The fraction of sp³-hybridized carbons (Fsp3) is 1.00.